The lowest BCUT2D eigenvalue weighted by Gasteiger charge is -2.22. The van der Waals surface area contributed by atoms with Crippen molar-refractivity contribution in [2.45, 2.75) is 31.2 Å². The van der Waals surface area contributed by atoms with Crippen LogP contribution in [0.5, 0.6) is 11.5 Å². The molecule has 0 radical (unpaired) electrons. The van der Waals surface area contributed by atoms with E-state index in [4.69, 9.17) is 9.47 Å². The van der Waals surface area contributed by atoms with Crippen molar-refractivity contribution in [3.8, 4) is 11.5 Å². The number of methoxy groups -OCH3 is 2. The number of sulfone groups is 1. The Morgan fingerprint density at radius 1 is 0.969 bits per heavy atom. The summed E-state index contributed by atoms with van der Waals surface area (Å²) in [6.45, 7) is 3.81. The minimum atomic E-state index is -3.41. The van der Waals surface area contributed by atoms with Gasteiger partial charge in [0.1, 0.15) is 17.5 Å². The summed E-state index contributed by atoms with van der Waals surface area (Å²) < 4.78 is 35.0. The Hall–Kier alpha value is -3.07. The first kappa shape index (κ1) is 25.2. The van der Waals surface area contributed by atoms with Gasteiger partial charge in [0.05, 0.1) is 24.9 Å². The van der Waals surface area contributed by atoms with Crippen molar-refractivity contribution >= 4 is 21.7 Å². The number of amides is 2. The van der Waals surface area contributed by atoms with Gasteiger partial charge < -0.3 is 20.1 Å². The maximum absolute atomic E-state index is 12.7. The summed E-state index contributed by atoms with van der Waals surface area (Å²) in [4.78, 5) is 25.7. The Morgan fingerprint density at radius 3 is 2.09 bits per heavy atom. The lowest BCUT2D eigenvalue weighted by Crippen LogP contribution is -2.50. The van der Waals surface area contributed by atoms with Crippen molar-refractivity contribution in [1.82, 2.24) is 10.6 Å². The van der Waals surface area contributed by atoms with Crippen molar-refractivity contribution in [1.29, 1.82) is 0 Å². The van der Waals surface area contributed by atoms with Crippen LogP contribution in [0.4, 0.5) is 0 Å². The fourth-order valence-electron chi connectivity index (χ4n) is 3.03. The predicted molar refractivity (Wildman–Crippen MR) is 122 cm³/mol. The molecular formula is C23H30N2O6S. The summed E-state index contributed by atoms with van der Waals surface area (Å²) in [5.41, 5.74) is 0.300. The minimum Gasteiger partial charge on any atom is -0.497 e. The normalized spacial score (nSPS) is 12.2. The van der Waals surface area contributed by atoms with Gasteiger partial charge in [0, 0.05) is 18.2 Å². The SMILES string of the molecule is COc1cc(OC)cc(C(=O)NC(C(=O)NCCCS(=O)(=O)c2ccccc2)C(C)C)c1. The van der Waals surface area contributed by atoms with Gasteiger partial charge in [-0.25, -0.2) is 8.42 Å². The first-order chi connectivity index (χ1) is 15.2. The third-order valence-electron chi connectivity index (χ3n) is 4.84. The second-order valence-corrected chi connectivity index (χ2v) is 9.68. The Bertz CT molecular complexity index is 1000. The molecule has 0 saturated heterocycles. The van der Waals surface area contributed by atoms with Gasteiger partial charge >= 0.3 is 0 Å². The van der Waals surface area contributed by atoms with Crippen LogP contribution in [0, 0.1) is 5.92 Å². The van der Waals surface area contributed by atoms with Crippen LogP contribution in [0.15, 0.2) is 53.4 Å². The number of ether oxygens (including phenoxy) is 2. The molecule has 0 aliphatic heterocycles. The van der Waals surface area contributed by atoms with E-state index in [1.54, 1.807) is 48.5 Å². The molecule has 2 N–H and O–H groups in total. The highest BCUT2D eigenvalue weighted by molar-refractivity contribution is 7.91. The maximum atomic E-state index is 12.7. The molecule has 1 atom stereocenters. The van der Waals surface area contributed by atoms with Crippen LogP contribution in [0.3, 0.4) is 0 Å². The van der Waals surface area contributed by atoms with E-state index in [1.165, 1.54) is 14.2 Å². The highest BCUT2D eigenvalue weighted by Crippen LogP contribution is 2.22. The summed E-state index contributed by atoms with van der Waals surface area (Å²) >= 11 is 0. The van der Waals surface area contributed by atoms with E-state index in [9.17, 15) is 18.0 Å². The first-order valence-corrected chi connectivity index (χ1v) is 11.9. The fraction of sp³-hybridized carbons (Fsp3) is 0.391. The molecule has 1 unspecified atom stereocenters. The third kappa shape index (κ3) is 6.98. The van der Waals surface area contributed by atoms with Gasteiger partial charge in [0.15, 0.2) is 9.84 Å². The maximum Gasteiger partial charge on any atom is 0.252 e. The molecule has 0 fully saturated rings. The van der Waals surface area contributed by atoms with Crippen LogP contribution in [0.25, 0.3) is 0 Å². The van der Waals surface area contributed by atoms with Gasteiger partial charge in [0.2, 0.25) is 5.91 Å². The Morgan fingerprint density at radius 2 is 1.56 bits per heavy atom. The molecule has 32 heavy (non-hydrogen) atoms. The summed E-state index contributed by atoms with van der Waals surface area (Å²) in [6.07, 6.45) is 0.259. The number of benzene rings is 2. The molecule has 2 aromatic rings. The standard InChI is InChI=1S/C23H30N2O6S/c1-16(2)21(25-22(26)17-13-18(30-3)15-19(14-17)31-4)23(27)24-11-8-12-32(28,29)20-9-6-5-7-10-20/h5-7,9-10,13-16,21H,8,11-12H2,1-4H3,(H,24,27)(H,25,26). The molecular weight excluding hydrogens is 432 g/mol. The highest BCUT2D eigenvalue weighted by Gasteiger charge is 2.25. The van der Waals surface area contributed by atoms with E-state index in [0.717, 1.165) is 0 Å². The zero-order chi connectivity index (χ0) is 23.7. The molecule has 0 heterocycles. The van der Waals surface area contributed by atoms with Gasteiger partial charge in [-0.15, -0.1) is 0 Å². The van der Waals surface area contributed by atoms with Crippen LogP contribution >= 0.6 is 0 Å². The lowest BCUT2D eigenvalue weighted by atomic mass is 10.0. The molecule has 0 saturated carbocycles. The lowest BCUT2D eigenvalue weighted by molar-refractivity contribution is -0.123. The molecule has 2 aromatic carbocycles. The van der Waals surface area contributed by atoms with Gasteiger partial charge in [-0.2, -0.15) is 0 Å². The van der Waals surface area contributed by atoms with E-state index in [1.807, 2.05) is 13.8 Å². The largest absolute Gasteiger partial charge is 0.497 e. The minimum absolute atomic E-state index is 0.0837. The molecule has 0 spiro atoms. The van der Waals surface area contributed by atoms with E-state index < -0.39 is 21.8 Å². The van der Waals surface area contributed by atoms with Gasteiger partial charge in [-0.1, -0.05) is 32.0 Å². The number of hydrogen-bond donors (Lipinski definition) is 2. The average Bonchev–Trinajstić information content (AvgIpc) is 2.79. The van der Waals surface area contributed by atoms with Crippen LogP contribution in [-0.4, -0.2) is 52.8 Å². The second kappa shape index (κ2) is 11.5. The Balaban J connectivity index is 1.96. The van der Waals surface area contributed by atoms with Gasteiger partial charge in [-0.05, 0) is 36.6 Å². The number of hydrogen-bond acceptors (Lipinski definition) is 6. The summed E-state index contributed by atoms with van der Waals surface area (Å²) in [7, 11) is -0.438. The predicted octanol–water partition coefficient (Wildman–Crippen LogP) is 2.44. The monoisotopic (exact) mass is 462 g/mol. The number of carbonyl (C=O) groups is 2. The molecule has 0 aliphatic carbocycles. The Kier molecular flexibility index (Phi) is 9.07. The van der Waals surface area contributed by atoms with Gasteiger partial charge in [0.25, 0.3) is 5.91 Å². The van der Waals surface area contributed by atoms with Crippen molar-refractivity contribution in [2.75, 3.05) is 26.5 Å². The van der Waals surface area contributed by atoms with E-state index in [-0.39, 0.29) is 35.4 Å². The van der Waals surface area contributed by atoms with E-state index >= 15 is 0 Å². The number of carbonyl (C=O) groups excluding carboxylic acids is 2. The fourth-order valence-corrected chi connectivity index (χ4v) is 4.36. The number of nitrogens with one attached hydrogen (secondary N) is 2. The summed E-state index contributed by atoms with van der Waals surface area (Å²) in [5.74, 6) is -0.165. The zero-order valence-corrected chi connectivity index (χ0v) is 19.6. The van der Waals surface area contributed by atoms with Crippen LogP contribution in [-0.2, 0) is 14.6 Å². The molecule has 9 heteroatoms. The van der Waals surface area contributed by atoms with Crippen LogP contribution in [0.1, 0.15) is 30.6 Å². The highest BCUT2D eigenvalue weighted by atomic mass is 32.2. The average molecular weight is 463 g/mol. The molecule has 0 bridgehead atoms. The van der Waals surface area contributed by atoms with Crippen molar-refractivity contribution < 1.29 is 27.5 Å². The smallest absolute Gasteiger partial charge is 0.252 e. The van der Waals surface area contributed by atoms with Crippen LogP contribution in [0.2, 0.25) is 0 Å². The van der Waals surface area contributed by atoms with E-state index in [2.05, 4.69) is 10.6 Å². The zero-order valence-electron chi connectivity index (χ0n) is 18.8. The van der Waals surface area contributed by atoms with Crippen molar-refractivity contribution in [3.05, 3.63) is 54.1 Å². The molecule has 174 valence electrons. The van der Waals surface area contributed by atoms with E-state index in [0.29, 0.717) is 17.1 Å². The topological polar surface area (TPSA) is 111 Å². The summed E-state index contributed by atoms with van der Waals surface area (Å²) in [5, 5.41) is 5.46. The van der Waals surface area contributed by atoms with Crippen molar-refractivity contribution in [2.24, 2.45) is 5.92 Å². The molecule has 2 rings (SSSR count). The van der Waals surface area contributed by atoms with Gasteiger partial charge in [-0.3, -0.25) is 9.59 Å². The Labute approximate surface area is 189 Å². The molecule has 2 amide bonds. The van der Waals surface area contributed by atoms with Crippen LogP contribution < -0.4 is 20.1 Å². The summed E-state index contributed by atoms with van der Waals surface area (Å²) in [6, 6.07) is 12.2. The third-order valence-corrected chi connectivity index (χ3v) is 6.66. The molecule has 0 aliphatic rings. The number of rotatable bonds is 11. The van der Waals surface area contributed by atoms with Crippen molar-refractivity contribution in [3.63, 3.8) is 0 Å². The quantitative estimate of drug-likeness (QED) is 0.496. The first-order valence-electron chi connectivity index (χ1n) is 10.3. The molecule has 8 nitrogen and oxygen atoms in total. The molecule has 0 aromatic heterocycles. The second-order valence-electron chi connectivity index (χ2n) is 7.57.